The van der Waals surface area contributed by atoms with E-state index in [1.807, 2.05) is 0 Å². The summed E-state index contributed by atoms with van der Waals surface area (Å²) >= 11 is 7.06. The predicted molar refractivity (Wildman–Crippen MR) is 107 cm³/mol. The molecule has 2 aromatic rings. The van der Waals surface area contributed by atoms with Gasteiger partial charge in [-0.05, 0) is 25.5 Å². The van der Waals surface area contributed by atoms with E-state index in [9.17, 15) is 19.7 Å². The van der Waals surface area contributed by atoms with Gasteiger partial charge in [0.05, 0.1) is 18.1 Å². The molecule has 0 N–H and O–H groups in total. The van der Waals surface area contributed by atoms with Crippen molar-refractivity contribution in [3.05, 3.63) is 55.0 Å². The minimum atomic E-state index is -0.638. The lowest BCUT2D eigenvalue weighted by Gasteiger charge is -2.21. The maximum Gasteiger partial charge on any atom is 0.357 e. The van der Waals surface area contributed by atoms with E-state index in [-0.39, 0.29) is 35.1 Å². The van der Waals surface area contributed by atoms with Crippen molar-refractivity contribution in [3.8, 4) is 0 Å². The van der Waals surface area contributed by atoms with Crippen LogP contribution < -0.4 is 0 Å². The highest BCUT2D eigenvalue weighted by Crippen LogP contribution is 2.26. The number of amides is 1. The molecule has 1 heterocycles. The number of esters is 1. The summed E-state index contributed by atoms with van der Waals surface area (Å²) in [7, 11) is 1.56. The van der Waals surface area contributed by atoms with Gasteiger partial charge < -0.3 is 14.4 Å². The van der Waals surface area contributed by atoms with Crippen LogP contribution >= 0.6 is 22.9 Å². The van der Waals surface area contributed by atoms with Crippen molar-refractivity contribution in [3.63, 3.8) is 0 Å². The van der Waals surface area contributed by atoms with Crippen LogP contribution in [0.15, 0.2) is 23.6 Å². The summed E-state index contributed by atoms with van der Waals surface area (Å²) < 4.78 is 9.96. The molecule has 0 spiro atoms. The van der Waals surface area contributed by atoms with Gasteiger partial charge in [-0.25, -0.2) is 9.78 Å². The van der Waals surface area contributed by atoms with Crippen LogP contribution in [0.4, 0.5) is 5.69 Å². The van der Waals surface area contributed by atoms with Crippen LogP contribution in [0.2, 0.25) is 5.02 Å². The minimum Gasteiger partial charge on any atom is -0.461 e. The summed E-state index contributed by atoms with van der Waals surface area (Å²) in [6.07, 6.45) is 0.564. The maximum absolute atomic E-state index is 13.0. The number of carbonyl (C=O) groups excluding carboxylic acids is 2. The highest BCUT2D eigenvalue weighted by atomic mass is 35.5. The molecule has 0 aliphatic carbocycles. The number of nitro groups is 1. The van der Waals surface area contributed by atoms with E-state index in [1.54, 1.807) is 19.4 Å². The van der Waals surface area contributed by atoms with Crippen molar-refractivity contribution in [1.82, 2.24) is 9.88 Å². The first-order valence-electron chi connectivity index (χ1n) is 8.71. The maximum atomic E-state index is 13.0. The molecule has 156 valence electrons. The topological polar surface area (TPSA) is 112 Å². The molecule has 1 aromatic heterocycles. The fourth-order valence-corrected chi connectivity index (χ4v) is 3.43. The van der Waals surface area contributed by atoms with Crippen LogP contribution in [0.5, 0.6) is 0 Å². The third kappa shape index (κ3) is 6.21. The summed E-state index contributed by atoms with van der Waals surface area (Å²) in [6.45, 7) is 2.87. The summed E-state index contributed by atoms with van der Waals surface area (Å²) in [5, 5.41) is 13.2. The molecule has 1 aromatic carbocycles. The molecule has 0 atom stereocenters. The first-order valence-corrected chi connectivity index (χ1v) is 9.96. The van der Waals surface area contributed by atoms with Crippen LogP contribution in [-0.4, -0.2) is 53.6 Å². The van der Waals surface area contributed by atoms with Crippen LogP contribution in [0, 0.1) is 10.1 Å². The Labute approximate surface area is 176 Å². The monoisotopic (exact) mass is 441 g/mol. The van der Waals surface area contributed by atoms with Gasteiger partial charge in [0, 0.05) is 37.3 Å². The molecule has 0 bridgehead atoms. The normalized spacial score (nSPS) is 10.6. The number of hydrogen-bond acceptors (Lipinski definition) is 8. The van der Waals surface area contributed by atoms with Gasteiger partial charge in [-0.3, -0.25) is 14.9 Å². The Morgan fingerprint density at radius 3 is 2.79 bits per heavy atom. The predicted octanol–water partition coefficient (Wildman–Crippen LogP) is 3.56. The van der Waals surface area contributed by atoms with Crippen LogP contribution in [0.3, 0.4) is 0 Å². The average molecular weight is 442 g/mol. The highest BCUT2D eigenvalue weighted by molar-refractivity contribution is 7.09. The standard InChI is InChI=1S/C18H20ClN3O6S/c1-3-28-18(24)14-11-29-16(20-14)10-21(7-4-8-27-2)17(23)12-5-6-13(19)15(9-12)22(25)26/h5-6,9,11H,3-4,7-8,10H2,1-2H3. The van der Waals surface area contributed by atoms with Crippen LogP contribution in [0.1, 0.15) is 39.2 Å². The lowest BCUT2D eigenvalue weighted by Crippen LogP contribution is -2.32. The van der Waals surface area contributed by atoms with Gasteiger partial charge in [0.1, 0.15) is 10.0 Å². The molecular weight excluding hydrogens is 422 g/mol. The van der Waals surface area contributed by atoms with Gasteiger partial charge in [-0.1, -0.05) is 11.6 Å². The first-order chi connectivity index (χ1) is 13.9. The number of carbonyl (C=O) groups is 2. The van der Waals surface area contributed by atoms with Crippen molar-refractivity contribution in [1.29, 1.82) is 0 Å². The van der Waals surface area contributed by atoms with Gasteiger partial charge in [-0.2, -0.15) is 0 Å². The zero-order valence-corrected chi connectivity index (χ0v) is 17.5. The van der Waals surface area contributed by atoms with E-state index in [4.69, 9.17) is 21.1 Å². The molecule has 1 amide bonds. The molecule has 11 heteroatoms. The zero-order chi connectivity index (χ0) is 21.4. The number of benzene rings is 1. The largest absolute Gasteiger partial charge is 0.461 e. The van der Waals surface area contributed by atoms with E-state index in [1.165, 1.54) is 28.4 Å². The first kappa shape index (κ1) is 22.7. The number of nitro benzene ring substituents is 1. The van der Waals surface area contributed by atoms with Crippen LogP contribution in [0.25, 0.3) is 0 Å². The van der Waals surface area contributed by atoms with E-state index < -0.39 is 16.8 Å². The Balaban J connectivity index is 2.23. The summed E-state index contributed by atoms with van der Waals surface area (Å²) in [5.74, 6) is -0.936. The van der Waals surface area contributed by atoms with Crippen molar-refractivity contribution >= 4 is 40.5 Å². The molecule has 0 radical (unpaired) electrons. The SMILES string of the molecule is CCOC(=O)c1csc(CN(CCCOC)C(=O)c2ccc(Cl)c([N+](=O)[O-])c2)n1. The molecule has 0 aliphatic heterocycles. The molecular formula is C18H20ClN3O6S. The van der Waals surface area contributed by atoms with Crippen molar-refractivity contribution in [2.75, 3.05) is 26.9 Å². The number of aromatic nitrogens is 1. The average Bonchev–Trinajstić information content (AvgIpc) is 3.16. The number of thiazole rings is 1. The third-order valence-electron chi connectivity index (χ3n) is 3.82. The van der Waals surface area contributed by atoms with E-state index in [2.05, 4.69) is 4.98 Å². The molecule has 0 saturated heterocycles. The molecule has 29 heavy (non-hydrogen) atoms. The van der Waals surface area contributed by atoms with Gasteiger partial charge in [0.2, 0.25) is 0 Å². The Kier molecular flexibility index (Phi) is 8.50. The van der Waals surface area contributed by atoms with Gasteiger partial charge in [0.25, 0.3) is 11.6 Å². The lowest BCUT2D eigenvalue weighted by atomic mass is 10.1. The Hall–Kier alpha value is -2.56. The summed E-state index contributed by atoms with van der Waals surface area (Å²) in [6, 6.07) is 3.91. The second kappa shape index (κ2) is 10.8. The zero-order valence-electron chi connectivity index (χ0n) is 15.9. The third-order valence-corrected chi connectivity index (χ3v) is 4.97. The fourth-order valence-electron chi connectivity index (χ4n) is 2.47. The number of rotatable bonds is 10. The quantitative estimate of drug-likeness (QED) is 0.240. The molecule has 2 rings (SSSR count). The van der Waals surface area contributed by atoms with Crippen molar-refractivity contribution in [2.24, 2.45) is 0 Å². The van der Waals surface area contributed by atoms with Crippen molar-refractivity contribution < 1.29 is 24.0 Å². The van der Waals surface area contributed by atoms with E-state index in [0.717, 1.165) is 6.07 Å². The molecule has 9 nitrogen and oxygen atoms in total. The molecule has 0 aliphatic rings. The van der Waals surface area contributed by atoms with Gasteiger partial charge >= 0.3 is 5.97 Å². The molecule has 0 fully saturated rings. The highest BCUT2D eigenvalue weighted by Gasteiger charge is 2.22. The number of halogens is 1. The smallest absolute Gasteiger partial charge is 0.357 e. The summed E-state index contributed by atoms with van der Waals surface area (Å²) in [5.41, 5.74) is -0.0211. The fraction of sp³-hybridized carbons (Fsp3) is 0.389. The number of ether oxygens (including phenoxy) is 2. The second-order valence-corrected chi connectivity index (χ2v) is 7.19. The molecule has 0 saturated carbocycles. The number of hydrogen-bond donors (Lipinski definition) is 0. The Morgan fingerprint density at radius 2 is 2.14 bits per heavy atom. The lowest BCUT2D eigenvalue weighted by molar-refractivity contribution is -0.384. The minimum absolute atomic E-state index is 0.0449. The van der Waals surface area contributed by atoms with Crippen LogP contribution in [-0.2, 0) is 16.0 Å². The second-order valence-electron chi connectivity index (χ2n) is 5.84. The summed E-state index contributed by atoms with van der Waals surface area (Å²) in [4.78, 5) is 41.0. The molecule has 0 unspecified atom stereocenters. The van der Waals surface area contributed by atoms with E-state index >= 15 is 0 Å². The van der Waals surface area contributed by atoms with E-state index in [0.29, 0.717) is 24.6 Å². The Bertz CT molecular complexity index is 888. The van der Waals surface area contributed by atoms with Gasteiger partial charge in [-0.15, -0.1) is 11.3 Å². The number of methoxy groups -OCH3 is 1. The van der Waals surface area contributed by atoms with Gasteiger partial charge in [0.15, 0.2) is 5.69 Å². The Morgan fingerprint density at radius 1 is 1.38 bits per heavy atom. The number of nitrogens with zero attached hydrogens (tertiary/aromatic N) is 3. The van der Waals surface area contributed by atoms with Crippen molar-refractivity contribution in [2.45, 2.75) is 19.9 Å².